The summed E-state index contributed by atoms with van der Waals surface area (Å²) in [4.78, 5) is 2.34. The summed E-state index contributed by atoms with van der Waals surface area (Å²) in [6.45, 7) is 0. The summed E-state index contributed by atoms with van der Waals surface area (Å²) in [5.74, 6) is 0. The second-order valence-electron chi connectivity index (χ2n) is 10.4. The largest absolute Gasteiger partial charge is 0.356 e. The third-order valence-corrected chi connectivity index (χ3v) is 7.65. The third-order valence-electron chi connectivity index (χ3n) is 7.65. The van der Waals surface area contributed by atoms with E-state index < -0.39 is 0 Å². The Balaban J connectivity index is 1.13. The molecule has 0 saturated carbocycles. The molecule has 0 heterocycles. The van der Waals surface area contributed by atoms with Crippen molar-refractivity contribution in [3.63, 3.8) is 0 Å². The van der Waals surface area contributed by atoms with Crippen molar-refractivity contribution in [1.82, 2.24) is 0 Å². The number of rotatable bonds is 7. The quantitative estimate of drug-likeness (QED) is 0.217. The van der Waals surface area contributed by atoms with Gasteiger partial charge in [-0.05, 0) is 82.2 Å². The van der Waals surface area contributed by atoms with Crippen molar-refractivity contribution >= 4 is 39.2 Å². The smallest absolute Gasteiger partial charge is 0.0540 e. The molecular formula is C40H30N2. The van der Waals surface area contributed by atoms with Gasteiger partial charge in [-0.1, -0.05) is 121 Å². The summed E-state index contributed by atoms with van der Waals surface area (Å²) in [5, 5.41) is 5.99. The van der Waals surface area contributed by atoms with Gasteiger partial charge in [0, 0.05) is 28.1 Å². The van der Waals surface area contributed by atoms with Crippen LogP contribution >= 0.6 is 0 Å². The van der Waals surface area contributed by atoms with Gasteiger partial charge in [-0.15, -0.1) is 0 Å². The van der Waals surface area contributed by atoms with Crippen LogP contribution in [0.25, 0.3) is 33.0 Å². The number of hydrogen-bond donors (Lipinski definition) is 1. The number of fused-ring (bicyclic) bond motifs is 1. The van der Waals surface area contributed by atoms with Crippen LogP contribution in [-0.4, -0.2) is 0 Å². The average molecular weight is 539 g/mol. The van der Waals surface area contributed by atoms with Crippen LogP contribution in [0, 0.1) is 0 Å². The van der Waals surface area contributed by atoms with Crippen LogP contribution in [0.15, 0.2) is 176 Å². The Kier molecular flexibility index (Phi) is 6.94. The standard InChI is InChI=1S/C40H30N2/c1-3-10-30(11-4-1)31-18-24-35(25-19-31)41-36-26-20-32(21-27-36)33-22-28-38(29-23-33)42(37-14-5-2-6-15-37)40-17-9-13-34-12-7-8-16-39(34)40/h1-29,41H. The molecule has 2 nitrogen and oxygen atoms in total. The molecule has 2 heteroatoms. The Hall–Kier alpha value is -5.60. The highest BCUT2D eigenvalue weighted by molar-refractivity contribution is 5.99. The molecule has 0 saturated heterocycles. The molecule has 0 radical (unpaired) electrons. The van der Waals surface area contributed by atoms with Crippen molar-refractivity contribution in [3.8, 4) is 22.3 Å². The molecule has 0 aliphatic heterocycles. The van der Waals surface area contributed by atoms with Crippen molar-refractivity contribution in [2.45, 2.75) is 0 Å². The maximum Gasteiger partial charge on any atom is 0.0540 e. The molecule has 0 atom stereocenters. The molecule has 0 aliphatic rings. The molecule has 7 aromatic rings. The van der Waals surface area contributed by atoms with E-state index in [1.807, 2.05) is 6.07 Å². The van der Waals surface area contributed by atoms with Gasteiger partial charge in [0.1, 0.15) is 0 Å². The fraction of sp³-hybridized carbons (Fsp3) is 0. The molecule has 1 N–H and O–H groups in total. The summed E-state index contributed by atoms with van der Waals surface area (Å²) < 4.78 is 0. The molecule has 0 fully saturated rings. The Bertz CT molecular complexity index is 1900. The molecule has 0 unspecified atom stereocenters. The van der Waals surface area contributed by atoms with Crippen LogP contribution in [0.3, 0.4) is 0 Å². The summed E-state index contributed by atoms with van der Waals surface area (Å²) >= 11 is 0. The third kappa shape index (κ3) is 5.26. The van der Waals surface area contributed by atoms with E-state index in [0.29, 0.717) is 0 Å². The molecule has 0 aromatic heterocycles. The predicted molar refractivity (Wildman–Crippen MR) is 179 cm³/mol. The number of nitrogens with zero attached hydrogens (tertiary/aromatic N) is 1. The van der Waals surface area contributed by atoms with Crippen molar-refractivity contribution in [2.75, 3.05) is 10.2 Å². The number of hydrogen-bond acceptors (Lipinski definition) is 2. The summed E-state index contributed by atoms with van der Waals surface area (Å²) in [6, 6.07) is 62.1. The van der Waals surface area contributed by atoms with E-state index in [1.165, 1.54) is 38.7 Å². The van der Waals surface area contributed by atoms with Crippen molar-refractivity contribution in [2.24, 2.45) is 0 Å². The van der Waals surface area contributed by atoms with E-state index in [-0.39, 0.29) is 0 Å². The molecule has 7 aromatic carbocycles. The van der Waals surface area contributed by atoms with E-state index in [4.69, 9.17) is 0 Å². The fourth-order valence-electron chi connectivity index (χ4n) is 5.50. The zero-order valence-corrected chi connectivity index (χ0v) is 23.2. The van der Waals surface area contributed by atoms with Gasteiger partial charge in [-0.2, -0.15) is 0 Å². The highest BCUT2D eigenvalue weighted by Crippen LogP contribution is 2.39. The molecule has 200 valence electrons. The van der Waals surface area contributed by atoms with Gasteiger partial charge in [0.05, 0.1) is 5.69 Å². The van der Waals surface area contributed by atoms with Crippen LogP contribution in [0.4, 0.5) is 28.4 Å². The molecular weight excluding hydrogens is 508 g/mol. The summed E-state index contributed by atoms with van der Waals surface area (Å²) in [7, 11) is 0. The summed E-state index contributed by atoms with van der Waals surface area (Å²) in [6.07, 6.45) is 0. The Morgan fingerprint density at radius 3 is 1.40 bits per heavy atom. The predicted octanol–water partition coefficient (Wildman–Crippen LogP) is 11.4. The molecule has 0 amide bonds. The lowest BCUT2D eigenvalue weighted by molar-refractivity contribution is 1.30. The van der Waals surface area contributed by atoms with Gasteiger partial charge < -0.3 is 10.2 Å². The number of anilines is 5. The number of nitrogens with one attached hydrogen (secondary N) is 1. The van der Waals surface area contributed by atoms with Crippen molar-refractivity contribution < 1.29 is 0 Å². The maximum absolute atomic E-state index is 3.53. The lowest BCUT2D eigenvalue weighted by atomic mass is 10.0. The molecule has 7 rings (SSSR count). The number of para-hydroxylation sites is 1. The van der Waals surface area contributed by atoms with Gasteiger partial charge >= 0.3 is 0 Å². The van der Waals surface area contributed by atoms with Crippen LogP contribution < -0.4 is 10.2 Å². The van der Waals surface area contributed by atoms with Crippen molar-refractivity contribution in [1.29, 1.82) is 0 Å². The van der Waals surface area contributed by atoms with Gasteiger partial charge in [0.15, 0.2) is 0 Å². The van der Waals surface area contributed by atoms with E-state index in [1.54, 1.807) is 0 Å². The van der Waals surface area contributed by atoms with E-state index in [0.717, 1.165) is 22.7 Å². The molecule has 0 aliphatic carbocycles. The maximum atomic E-state index is 3.53. The first-order valence-corrected chi connectivity index (χ1v) is 14.3. The fourth-order valence-corrected chi connectivity index (χ4v) is 5.50. The van der Waals surface area contributed by atoms with Crippen LogP contribution in [0.2, 0.25) is 0 Å². The second-order valence-corrected chi connectivity index (χ2v) is 10.4. The van der Waals surface area contributed by atoms with Crippen LogP contribution in [-0.2, 0) is 0 Å². The first kappa shape index (κ1) is 25.4. The zero-order valence-electron chi connectivity index (χ0n) is 23.2. The second kappa shape index (κ2) is 11.5. The monoisotopic (exact) mass is 538 g/mol. The lowest BCUT2D eigenvalue weighted by Gasteiger charge is -2.27. The lowest BCUT2D eigenvalue weighted by Crippen LogP contribution is -2.10. The molecule has 0 spiro atoms. The molecule has 42 heavy (non-hydrogen) atoms. The number of benzene rings is 7. The van der Waals surface area contributed by atoms with E-state index >= 15 is 0 Å². The van der Waals surface area contributed by atoms with Crippen LogP contribution in [0.5, 0.6) is 0 Å². The van der Waals surface area contributed by atoms with Crippen molar-refractivity contribution in [3.05, 3.63) is 176 Å². The van der Waals surface area contributed by atoms with Crippen LogP contribution in [0.1, 0.15) is 0 Å². The van der Waals surface area contributed by atoms with Gasteiger partial charge in [-0.25, -0.2) is 0 Å². The highest BCUT2D eigenvalue weighted by atomic mass is 15.1. The topological polar surface area (TPSA) is 15.3 Å². The first-order valence-electron chi connectivity index (χ1n) is 14.3. The Morgan fingerprint density at radius 2 is 0.786 bits per heavy atom. The Morgan fingerprint density at radius 1 is 0.333 bits per heavy atom. The zero-order chi connectivity index (χ0) is 28.1. The van der Waals surface area contributed by atoms with E-state index in [2.05, 4.69) is 180 Å². The Labute approximate surface area is 247 Å². The van der Waals surface area contributed by atoms with E-state index in [9.17, 15) is 0 Å². The summed E-state index contributed by atoms with van der Waals surface area (Å²) in [5.41, 5.74) is 10.4. The normalized spacial score (nSPS) is 10.9. The highest BCUT2D eigenvalue weighted by Gasteiger charge is 2.15. The minimum absolute atomic E-state index is 1.06. The minimum atomic E-state index is 1.06. The van der Waals surface area contributed by atoms with Gasteiger partial charge in [-0.3, -0.25) is 0 Å². The van der Waals surface area contributed by atoms with Gasteiger partial charge in [0.2, 0.25) is 0 Å². The molecule has 0 bridgehead atoms. The SMILES string of the molecule is c1ccc(-c2ccc(Nc3ccc(-c4ccc(N(c5ccccc5)c5cccc6ccccc56)cc4)cc3)cc2)cc1. The van der Waals surface area contributed by atoms with Gasteiger partial charge in [0.25, 0.3) is 0 Å². The average Bonchev–Trinajstić information content (AvgIpc) is 3.07. The minimum Gasteiger partial charge on any atom is -0.356 e. The first-order chi connectivity index (χ1) is 20.8.